The fourth-order valence-electron chi connectivity index (χ4n) is 3.21. The SMILES string of the molecule is CCC(Sc1cccc(NC(=O)c2ccccc2C(=O)O)c1)C(=O)Nc1ccc(O)c(C(=O)O)c1. The summed E-state index contributed by atoms with van der Waals surface area (Å²) in [5, 5.41) is 32.9. The van der Waals surface area contributed by atoms with E-state index in [1.807, 2.05) is 6.92 Å². The van der Waals surface area contributed by atoms with Crippen molar-refractivity contribution in [1.82, 2.24) is 0 Å². The number of thioether (sulfide) groups is 1. The number of aromatic hydroxyl groups is 1. The molecule has 0 aliphatic rings. The van der Waals surface area contributed by atoms with Crippen LogP contribution in [0.15, 0.2) is 71.6 Å². The second kappa shape index (κ2) is 11.2. The number of phenols is 1. The van der Waals surface area contributed by atoms with E-state index in [1.165, 1.54) is 48.2 Å². The Bertz CT molecular complexity index is 1290. The molecule has 3 aromatic rings. The number of amides is 2. The van der Waals surface area contributed by atoms with E-state index in [9.17, 15) is 29.4 Å². The van der Waals surface area contributed by atoms with E-state index in [0.29, 0.717) is 17.0 Å². The number of hydrogen-bond acceptors (Lipinski definition) is 6. The molecule has 0 radical (unpaired) electrons. The molecular weight excluding hydrogens is 472 g/mol. The van der Waals surface area contributed by atoms with Gasteiger partial charge in [-0.05, 0) is 55.0 Å². The number of rotatable bonds is 9. The van der Waals surface area contributed by atoms with Crippen molar-refractivity contribution < 1.29 is 34.5 Å². The molecule has 1 unspecified atom stereocenters. The summed E-state index contributed by atoms with van der Waals surface area (Å²) in [6.07, 6.45) is 0.461. The second-order valence-corrected chi connectivity index (χ2v) is 8.65. The van der Waals surface area contributed by atoms with Crippen molar-refractivity contribution in [2.24, 2.45) is 0 Å². The molecule has 3 rings (SSSR count). The van der Waals surface area contributed by atoms with Crippen molar-refractivity contribution in [3.8, 4) is 5.75 Å². The third-order valence-corrected chi connectivity index (χ3v) is 6.29. The Balaban J connectivity index is 1.71. The van der Waals surface area contributed by atoms with Crippen LogP contribution in [-0.2, 0) is 4.79 Å². The molecule has 3 aromatic carbocycles. The van der Waals surface area contributed by atoms with Gasteiger partial charge < -0.3 is 26.0 Å². The molecule has 0 aromatic heterocycles. The van der Waals surface area contributed by atoms with Crippen LogP contribution in [0.4, 0.5) is 11.4 Å². The summed E-state index contributed by atoms with van der Waals surface area (Å²) in [5.74, 6) is -3.85. The zero-order valence-electron chi connectivity index (χ0n) is 18.5. The third-order valence-electron chi connectivity index (χ3n) is 4.93. The van der Waals surface area contributed by atoms with E-state index >= 15 is 0 Å². The maximum atomic E-state index is 12.8. The van der Waals surface area contributed by atoms with Crippen LogP contribution in [0, 0.1) is 0 Å². The highest BCUT2D eigenvalue weighted by Crippen LogP contribution is 2.29. The van der Waals surface area contributed by atoms with Crippen LogP contribution in [0.25, 0.3) is 0 Å². The molecule has 35 heavy (non-hydrogen) atoms. The summed E-state index contributed by atoms with van der Waals surface area (Å²) in [6, 6.07) is 16.5. The van der Waals surface area contributed by atoms with Gasteiger partial charge >= 0.3 is 11.9 Å². The summed E-state index contributed by atoms with van der Waals surface area (Å²) < 4.78 is 0. The van der Waals surface area contributed by atoms with Crippen LogP contribution in [-0.4, -0.2) is 44.3 Å². The molecule has 5 N–H and O–H groups in total. The first-order valence-corrected chi connectivity index (χ1v) is 11.3. The molecular formula is C25H22N2O7S. The van der Waals surface area contributed by atoms with Gasteiger partial charge in [0.05, 0.1) is 16.4 Å². The molecule has 9 nitrogen and oxygen atoms in total. The minimum Gasteiger partial charge on any atom is -0.507 e. The Labute approximate surface area is 204 Å². The standard InChI is InChI=1S/C25H22N2O7S/c1-2-21(23(30)27-15-10-11-20(28)19(13-15)25(33)34)35-16-7-5-6-14(12-16)26-22(29)17-8-3-4-9-18(17)24(31)32/h3-13,21,28H,2H2,1H3,(H,26,29)(H,27,30)(H,31,32)(H,33,34). The Hall–Kier alpha value is -4.31. The zero-order chi connectivity index (χ0) is 25.5. The molecule has 0 bridgehead atoms. The van der Waals surface area contributed by atoms with Gasteiger partial charge in [0.1, 0.15) is 11.3 Å². The number of benzene rings is 3. The minimum atomic E-state index is -1.31. The van der Waals surface area contributed by atoms with Crippen LogP contribution in [0.5, 0.6) is 5.75 Å². The summed E-state index contributed by atoms with van der Waals surface area (Å²) in [5.41, 5.74) is 0.260. The molecule has 0 aliphatic heterocycles. The largest absolute Gasteiger partial charge is 0.507 e. The second-order valence-electron chi connectivity index (χ2n) is 7.37. The summed E-state index contributed by atoms with van der Waals surface area (Å²) in [6.45, 7) is 1.82. The molecule has 10 heteroatoms. The highest BCUT2D eigenvalue weighted by molar-refractivity contribution is 8.00. The number of carbonyl (C=O) groups excluding carboxylic acids is 2. The van der Waals surface area contributed by atoms with E-state index in [0.717, 1.165) is 0 Å². The lowest BCUT2D eigenvalue weighted by Crippen LogP contribution is -2.24. The monoisotopic (exact) mass is 494 g/mol. The Morgan fingerprint density at radius 3 is 2.11 bits per heavy atom. The summed E-state index contributed by atoms with van der Waals surface area (Å²) in [7, 11) is 0. The number of carbonyl (C=O) groups is 4. The van der Waals surface area contributed by atoms with Crippen molar-refractivity contribution in [3.63, 3.8) is 0 Å². The van der Waals surface area contributed by atoms with Gasteiger partial charge in [0.15, 0.2) is 0 Å². The normalized spacial score (nSPS) is 11.3. The predicted molar refractivity (Wildman–Crippen MR) is 131 cm³/mol. The van der Waals surface area contributed by atoms with Gasteiger partial charge in [0.25, 0.3) is 5.91 Å². The van der Waals surface area contributed by atoms with Gasteiger partial charge in [0, 0.05) is 16.3 Å². The van der Waals surface area contributed by atoms with Crippen molar-refractivity contribution in [2.45, 2.75) is 23.5 Å². The fraction of sp³-hybridized carbons (Fsp3) is 0.120. The zero-order valence-corrected chi connectivity index (χ0v) is 19.3. The van der Waals surface area contributed by atoms with Crippen LogP contribution in [0.2, 0.25) is 0 Å². The number of carboxylic acid groups (broad SMARTS) is 2. The van der Waals surface area contributed by atoms with E-state index in [4.69, 9.17) is 5.11 Å². The first kappa shape index (κ1) is 25.3. The molecule has 180 valence electrons. The smallest absolute Gasteiger partial charge is 0.339 e. The molecule has 0 heterocycles. The molecule has 0 saturated carbocycles. The van der Waals surface area contributed by atoms with Gasteiger partial charge in [0.2, 0.25) is 5.91 Å². The number of nitrogens with one attached hydrogen (secondary N) is 2. The van der Waals surface area contributed by atoms with Crippen molar-refractivity contribution in [1.29, 1.82) is 0 Å². The van der Waals surface area contributed by atoms with Gasteiger partial charge in [-0.1, -0.05) is 25.1 Å². The van der Waals surface area contributed by atoms with E-state index in [-0.39, 0.29) is 28.3 Å². The highest BCUT2D eigenvalue weighted by atomic mass is 32.2. The van der Waals surface area contributed by atoms with Crippen molar-refractivity contribution in [2.75, 3.05) is 10.6 Å². The van der Waals surface area contributed by atoms with Crippen LogP contribution in [0.1, 0.15) is 44.4 Å². The lowest BCUT2D eigenvalue weighted by molar-refractivity contribution is -0.115. The predicted octanol–water partition coefficient (Wildman–Crippen LogP) is 4.55. The molecule has 0 aliphatic carbocycles. The third kappa shape index (κ3) is 6.39. The Kier molecular flexibility index (Phi) is 8.11. The van der Waals surface area contributed by atoms with Crippen LogP contribution >= 0.6 is 11.8 Å². The maximum Gasteiger partial charge on any atom is 0.339 e. The summed E-state index contributed by atoms with van der Waals surface area (Å²) >= 11 is 1.25. The fourth-order valence-corrected chi connectivity index (χ4v) is 4.22. The number of aromatic carboxylic acids is 2. The molecule has 0 spiro atoms. The van der Waals surface area contributed by atoms with Crippen LogP contribution in [0.3, 0.4) is 0 Å². The molecule has 2 amide bonds. The maximum absolute atomic E-state index is 12.8. The van der Waals surface area contributed by atoms with Gasteiger partial charge in [-0.3, -0.25) is 9.59 Å². The van der Waals surface area contributed by atoms with Crippen molar-refractivity contribution in [3.05, 3.63) is 83.4 Å². The Morgan fingerprint density at radius 1 is 0.800 bits per heavy atom. The number of carboxylic acids is 2. The van der Waals surface area contributed by atoms with Crippen molar-refractivity contribution >= 4 is 46.9 Å². The van der Waals surface area contributed by atoms with E-state index in [1.54, 1.807) is 30.3 Å². The topological polar surface area (TPSA) is 153 Å². The molecule has 0 saturated heterocycles. The summed E-state index contributed by atoms with van der Waals surface area (Å²) in [4.78, 5) is 48.7. The average molecular weight is 495 g/mol. The Morgan fingerprint density at radius 2 is 1.46 bits per heavy atom. The lowest BCUT2D eigenvalue weighted by atomic mass is 10.1. The van der Waals surface area contributed by atoms with Gasteiger partial charge in [-0.2, -0.15) is 0 Å². The quantitative estimate of drug-likeness (QED) is 0.214. The van der Waals surface area contributed by atoms with E-state index in [2.05, 4.69) is 10.6 Å². The first-order chi connectivity index (χ1) is 16.7. The van der Waals surface area contributed by atoms with Crippen LogP contribution < -0.4 is 10.6 Å². The molecule has 1 atom stereocenters. The van der Waals surface area contributed by atoms with Gasteiger partial charge in [-0.25, -0.2) is 9.59 Å². The molecule has 0 fully saturated rings. The minimum absolute atomic E-state index is 0.0264. The first-order valence-electron chi connectivity index (χ1n) is 10.5. The highest BCUT2D eigenvalue weighted by Gasteiger charge is 2.20. The average Bonchev–Trinajstić information content (AvgIpc) is 2.83. The van der Waals surface area contributed by atoms with Gasteiger partial charge in [-0.15, -0.1) is 11.8 Å². The lowest BCUT2D eigenvalue weighted by Gasteiger charge is -2.16. The van der Waals surface area contributed by atoms with E-state index < -0.39 is 28.8 Å². The number of hydrogen-bond donors (Lipinski definition) is 5. The number of anilines is 2.